The van der Waals surface area contributed by atoms with E-state index in [4.69, 9.17) is 11.5 Å². The lowest BCUT2D eigenvalue weighted by molar-refractivity contribution is -0.143. The van der Waals surface area contributed by atoms with E-state index < -0.39 is 66.1 Å². The molecular formula is C29H36N6O6. The van der Waals surface area contributed by atoms with E-state index >= 15 is 0 Å². The second kappa shape index (κ2) is 14.1. The molecule has 12 nitrogen and oxygen atoms in total. The number of carbonyl (C=O) groups is 5. The number of nitrogens with two attached hydrogens (primary N) is 2. The molecule has 1 aromatic heterocycles. The van der Waals surface area contributed by atoms with Gasteiger partial charge >= 0.3 is 5.97 Å². The van der Waals surface area contributed by atoms with Crippen LogP contribution in [0, 0.1) is 5.92 Å². The Kier molecular flexibility index (Phi) is 10.6. The largest absolute Gasteiger partial charge is 0.480 e. The summed E-state index contributed by atoms with van der Waals surface area (Å²) in [7, 11) is 0. The summed E-state index contributed by atoms with van der Waals surface area (Å²) in [6, 6.07) is 11.5. The third-order valence-electron chi connectivity index (χ3n) is 6.64. The molecule has 0 aliphatic rings. The maximum Gasteiger partial charge on any atom is 0.326 e. The summed E-state index contributed by atoms with van der Waals surface area (Å²) in [6.45, 7) is 3.32. The zero-order chi connectivity index (χ0) is 30.1. The van der Waals surface area contributed by atoms with Crippen molar-refractivity contribution in [1.29, 1.82) is 0 Å². The first-order valence-corrected chi connectivity index (χ1v) is 13.2. The maximum absolute atomic E-state index is 13.6. The van der Waals surface area contributed by atoms with Crippen LogP contribution in [0.3, 0.4) is 0 Å². The molecule has 0 fully saturated rings. The highest BCUT2D eigenvalue weighted by Gasteiger charge is 2.32. The van der Waals surface area contributed by atoms with E-state index in [9.17, 15) is 29.1 Å². The molecule has 1 heterocycles. The number of hydrogen-bond acceptors (Lipinski definition) is 6. The van der Waals surface area contributed by atoms with E-state index in [1.54, 1.807) is 50.4 Å². The molecule has 2 aromatic carbocycles. The predicted molar refractivity (Wildman–Crippen MR) is 152 cm³/mol. The summed E-state index contributed by atoms with van der Waals surface area (Å²) in [4.78, 5) is 66.0. The number of carbonyl (C=O) groups excluding carboxylic acids is 4. The number of benzene rings is 2. The van der Waals surface area contributed by atoms with Gasteiger partial charge in [0.15, 0.2) is 0 Å². The smallest absolute Gasteiger partial charge is 0.326 e. The number of aliphatic carboxylic acids is 1. The van der Waals surface area contributed by atoms with Gasteiger partial charge in [0, 0.05) is 29.9 Å². The zero-order valence-electron chi connectivity index (χ0n) is 22.9. The van der Waals surface area contributed by atoms with Gasteiger partial charge in [-0.25, -0.2) is 4.79 Å². The topological polar surface area (TPSA) is 210 Å². The Morgan fingerprint density at radius 2 is 1.41 bits per heavy atom. The van der Waals surface area contributed by atoms with Gasteiger partial charge in [-0.1, -0.05) is 62.4 Å². The Bertz CT molecular complexity index is 1390. The van der Waals surface area contributed by atoms with Crippen molar-refractivity contribution in [3.05, 3.63) is 71.9 Å². The van der Waals surface area contributed by atoms with E-state index in [-0.39, 0.29) is 12.8 Å². The number of H-pyrrole nitrogens is 1. The highest BCUT2D eigenvalue weighted by atomic mass is 16.4. The summed E-state index contributed by atoms with van der Waals surface area (Å²) >= 11 is 0. The lowest BCUT2D eigenvalue weighted by Gasteiger charge is -2.26. The number of aromatic amines is 1. The van der Waals surface area contributed by atoms with Gasteiger partial charge in [0.05, 0.1) is 12.5 Å². The molecule has 218 valence electrons. The van der Waals surface area contributed by atoms with Gasteiger partial charge in [0.25, 0.3) is 0 Å². The van der Waals surface area contributed by atoms with Crippen LogP contribution in [0.1, 0.15) is 31.4 Å². The van der Waals surface area contributed by atoms with Crippen molar-refractivity contribution in [2.75, 3.05) is 0 Å². The molecule has 3 aromatic rings. The first-order chi connectivity index (χ1) is 19.5. The van der Waals surface area contributed by atoms with Crippen LogP contribution in [0.2, 0.25) is 0 Å². The lowest BCUT2D eigenvalue weighted by Crippen LogP contribution is -2.58. The number of nitrogens with one attached hydrogen (secondary N) is 4. The van der Waals surface area contributed by atoms with Crippen LogP contribution in [0.15, 0.2) is 60.8 Å². The number of amides is 4. The van der Waals surface area contributed by atoms with Crippen molar-refractivity contribution in [3.63, 3.8) is 0 Å². The first kappa shape index (κ1) is 30.8. The zero-order valence-corrected chi connectivity index (χ0v) is 22.9. The first-order valence-electron chi connectivity index (χ1n) is 13.2. The summed E-state index contributed by atoms with van der Waals surface area (Å²) in [5.41, 5.74) is 13.2. The van der Waals surface area contributed by atoms with Gasteiger partial charge in [-0.15, -0.1) is 0 Å². The van der Waals surface area contributed by atoms with Crippen molar-refractivity contribution in [2.45, 2.75) is 57.3 Å². The Morgan fingerprint density at radius 3 is 2.05 bits per heavy atom. The summed E-state index contributed by atoms with van der Waals surface area (Å²) in [5.74, 6) is -4.54. The monoisotopic (exact) mass is 564 g/mol. The minimum Gasteiger partial charge on any atom is -0.480 e. The number of hydrogen-bond donors (Lipinski definition) is 7. The third-order valence-corrected chi connectivity index (χ3v) is 6.64. The van der Waals surface area contributed by atoms with E-state index in [1.807, 2.05) is 24.3 Å². The molecule has 3 rings (SSSR count). The van der Waals surface area contributed by atoms with Crippen LogP contribution in [0.5, 0.6) is 0 Å². The van der Waals surface area contributed by atoms with Crippen LogP contribution in [0.25, 0.3) is 10.9 Å². The third kappa shape index (κ3) is 8.64. The standard InChI is InChI=1S/C29H36N6O6/c1-16(2)25(29(40)41)35-28(39)23(13-18-15-32-21-11-7-6-10-19(18)21)34-27(38)22(12-17-8-4-3-5-9-17)33-26(37)20(30)14-24(31)36/h3-11,15-16,20,22-23,25,32H,12-14,30H2,1-2H3,(H2,31,36)(H,33,37)(H,34,38)(H,35,39)(H,40,41). The maximum atomic E-state index is 13.6. The van der Waals surface area contributed by atoms with E-state index in [0.29, 0.717) is 0 Å². The summed E-state index contributed by atoms with van der Waals surface area (Å²) < 4.78 is 0. The fourth-order valence-electron chi connectivity index (χ4n) is 4.42. The molecule has 0 saturated heterocycles. The van der Waals surface area contributed by atoms with E-state index in [2.05, 4.69) is 20.9 Å². The van der Waals surface area contributed by atoms with Crippen LogP contribution in [-0.4, -0.2) is 63.9 Å². The second-order valence-corrected chi connectivity index (χ2v) is 10.2. The Hall–Kier alpha value is -4.71. The fraction of sp³-hybridized carbons (Fsp3) is 0.345. The molecule has 0 radical (unpaired) electrons. The Labute approximate surface area is 237 Å². The fourth-order valence-corrected chi connectivity index (χ4v) is 4.42. The highest BCUT2D eigenvalue weighted by molar-refractivity contribution is 5.95. The summed E-state index contributed by atoms with van der Waals surface area (Å²) in [5, 5.41) is 18.3. The van der Waals surface area contributed by atoms with Crippen LogP contribution in [-0.2, 0) is 36.8 Å². The van der Waals surface area contributed by atoms with Crippen molar-refractivity contribution in [1.82, 2.24) is 20.9 Å². The van der Waals surface area contributed by atoms with Crippen molar-refractivity contribution in [2.24, 2.45) is 17.4 Å². The van der Waals surface area contributed by atoms with Gasteiger partial charge in [-0.3, -0.25) is 19.2 Å². The number of para-hydroxylation sites is 1. The molecule has 0 bridgehead atoms. The Morgan fingerprint density at radius 1 is 0.829 bits per heavy atom. The molecule has 41 heavy (non-hydrogen) atoms. The molecule has 4 amide bonds. The molecule has 4 atom stereocenters. The number of carboxylic acid groups (broad SMARTS) is 1. The quantitative estimate of drug-likeness (QED) is 0.146. The lowest BCUT2D eigenvalue weighted by atomic mass is 10.00. The number of rotatable bonds is 14. The molecule has 0 saturated carbocycles. The van der Waals surface area contributed by atoms with Gasteiger partial charge < -0.3 is 37.5 Å². The van der Waals surface area contributed by atoms with Gasteiger partial charge in [0.1, 0.15) is 18.1 Å². The van der Waals surface area contributed by atoms with E-state index in [1.165, 1.54) is 0 Å². The average Bonchev–Trinajstić information content (AvgIpc) is 3.33. The van der Waals surface area contributed by atoms with Crippen LogP contribution >= 0.6 is 0 Å². The van der Waals surface area contributed by atoms with Gasteiger partial charge in [-0.05, 0) is 23.1 Å². The van der Waals surface area contributed by atoms with E-state index in [0.717, 1.165) is 22.0 Å². The minimum atomic E-state index is -1.27. The normalized spacial score (nSPS) is 14.0. The molecule has 4 unspecified atom stereocenters. The van der Waals surface area contributed by atoms with Gasteiger partial charge in [0.2, 0.25) is 23.6 Å². The molecule has 0 aliphatic carbocycles. The van der Waals surface area contributed by atoms with Crippen molar-refractivity contribution >= 4 is 40.5 Å². The second-order valence-electron chi connectivity index (χ2n) is 10.2. The number of aromatic nitrogens is 1. The minimum absolute atomic E-state index is 0.0409. The number of carboxylic acids is 1. The number of fused-ring (bicyclic) bond motifs is 1. The van der Waals surface area contributed by atoms with Crippen LogP contribution in [0.4, 0.5) is 0 Å². The average molecular weight is 565 g/mol. The predicted octanol–water partition coefficient (Wildman–Crippen LogP) is 0.351. The number of primary amides is 1. The molecule has 0 aliphatic heterocycles. The molecule has 12 heteroatoms. The molecular weight excluding hydrogens is 528 g/mol. The van der Waals surface area contributed by atoms with Gasteiger partial charge in [-0.2, -0.15) is 0 Å². The Balaban J connectivity index is 1.90. The molecule has 0 spiro atoms. The molecule has 9 N–H and O–H groups in total. The SMILES string of the molecule is CC(C)C(NC(=O)C(Cc1c[nH]c2ccccc12)NC(=O)C(Cc1ccccc1)NC(=O)C(N)CC(N)=O)C(=O)O. The van der Waals surface area contributed by atoms with Crippen molar-refractivity contribution < 1.29 is 29.1 Å². The van der Waals surface area contributed by atoms with Crippen molar-refractivity contribution in [3.8, 4) is 0 Å². The van der Waals surface area contributed by atoms with Crippen LogP contribution < -0.4 is 27.4 Å². The highest BCUT2D eigenvalue weighted by Crippen LogP contribution is 2.19. The summed E-state index contributed by atoms with van der Waals surface area (Å²) in [6.07, 6.45) is 1.41.